The summed E-state index contributed by atoms with van der Waals surface area (Å²) in [5, 5.41) is 11.6. The van der Waals surface area contributed by atoms with Crippen LogP contribution in [0.1, 0.15) is 42.4 Å². The summed E-state index contributed by atoms with van der Waals surface area (Å²) >= 11 is 0. The molecule has 0 unspecified atom stereocenters. The molecule has 0 aliphatic heterocycles. The molecule has 3 aromatic rings. The van der Waals surface area contributed by atoms with E-state index < -0.39 is 6.43 Å². The minimum atomic E-state index is -2.63. The maximum absolute atomic E-state index is 13.4. The summed E-state index contributed by atoms with van der Waals surface area (Å²) in [6, 6.07) is 3.15. The Hall–Kier alpha value is -2.84. The maximum Gasteiger partial charge on any atom is 0.264 e. The molecule has 0 atom stereocenters. The van der Waals surface area contributed by atoms with E-state index in [1.54, 1.807) is 19.9 Å². The summed E-state index contributed by atoms with van der Waals surface area (Å²) in [5.74, 6) is 0.110. The first-order valence-electron chi connectivity index (χ1n) is 8.77. The first-order valence-corrected chi connectivity index (χ1v) is 8.77. The lowest BCUT2D eigenvalue weighted by Crippen LogP contribution is -2.20. The van der Waals surface area contributed by atoms with Gasteiger partial charge in [0.2, 0.25) is 5.91 Å². The second kappa shape index (κ2) is 7.42. The molecule has 0 saturated carbocycles. The van der Waals surface area contributed by atoms with E-state index in [0.29, 0.717) is 22.6 Å². The summed E-state index contributed by atoms with van der Waals surface area (Å²) in [4.78, 5) is 16.7. The zero-order valence-corrected chi connectivity index (χ0v) is 15.8. The molecule has 3 heterocycles. The number of nitrogens with one attached hydrogen (secondary N) is 1. The number of nitrogens with zero attached hydrogens (tertiary/aromatic N) is 5. The molecule has 0 saturated heterocycles. The Morgan fingerprint density at radius 1 is 1.19 bits per heavy atom. The van der Waals surface area contributed by atoms with Crippen molar-refractivity contribution < 1.29 is 13.6 Å². The van der Waals surface area contributed by atoms with Gasteiger partial charge in [0, 0.05) is 29.6 Å². The summed E-state index contributed by atoms with van der Waals surface area (Å²) in [5.41, 5.74) is 1.99. The zero-order chi connectivity index (χ0) is 19.7. The average molecular weight is 376 g/mol. The highest BCUT2D eigenvalue weighted by atomic mass is 19.3. The molecule has 7 nitrogen and oxygen atoms in total. The quantitative estimate of drug-likeness (QED) is 0.714. The number of anilines is 1. The maximum atomic E-state index is 13.4. The molecule has 0 aliphatic rings. The van der Waals surface area contributed by atoms with Gasteiger partial charge in [0.1, 0.15) is 6.54 Å². The fourth-order valence-electron chi connectivity index (χ4n) is 3.13. The van der Waals surface area contributed by atoms with Crippen LogP contribution in [0.4, 0.5) is 14.6 Å². The van der Waals surface area contributed by atoms with Crippen LogP contribution >= 0.6 is 0 Å². The predicted octanol–water partition coefficient (Wildman–Crippen LogP) is 3.54. The number of halogens is 2. The molecule has 3 aromatic heterocycles. The minimum absolute atomic E-state index is 0.115. The van der Waals surface area contributed by atoms with Crippen LogP contribution in [-0.2, 0) is 17.9 Å². The number of hydrogen-bond donors (Lipinski definition) is 1. The normalized spacial score (nSPS) is 11.5. The lowest BCUT2D eigenvalue weighted by molar-refractivity contribution is -0.116. The Morgan fingerprint density at radius 2 is 1.93 bits per heavy atom. The van der Waals surface area contributed by atoms with E-state index in [9.17, 15) is 13.6 Å². The summed E-state index contributed by atoms with van der Waals surface area (Å²) in [6.45, 7) is 7.87. The minimum Gasteiger partial charge on any atom is -0.308 e. The Bertz CT molecular complexity index is 992. The first-order chi connectivity index (χ1) is 12.8. The molecule has 144 valence electrons. The second-order valence-electron chi connectivity index (χ2n) is 6.54. The van der Waals surface area contributed by atoms with Gasteiger partial charge in [0.05, 0.1) is 11.1 Å². The third-order valence-electron chi connectivity index (χ3n) is 4.25. The van der Waals surface area contributed by atoms with Gasteiger partial charge >= 0.3 is 0 Å². The summed E-state index contributed by atoms with van der Waals surface area (Å²) in [6.07, 6.45) is -1.70. The Balaban J connectivity index is 1.86. The third kappa shape index (κ3) is 3.81. The van der Waals surface area contributed by atoms with Crippen LogP contribution in [0.2, 0.25) is 0 Å². The largest absolute Gasteiger partial charge is 0.308 e. The van der Waals surface area contributed by atoms with Gasteiger partial charge in [0.25, 0.3) is 6.43 Å². The fraction of sp³-hybridized carbons (Fsp3) is 0.444. The van der Waals surface area contributed by atoms with Crippen LogP contribution in [0, 0.1) is 20.8 Å². The van der Waals surface area contributed by atoms with E-state index in [1.807, 2.05) is 18.5 Å². The van der Waals surface area contributed by atoms with E-state index in [1.165, 1.54) is 10.7 Å². The van der Waals surface area contributed by atoms with Gasteiger partial charge in [-0.15, -0.1) is 0 Å². The van der Waals surface area contributed by atoms with Crippen LogP contribution in [0.3, 0.4) is 0 Å². The van der Waals surface area contributed by atoms with E-state index in [2.05, 4.69) is 20.5 Å². The highest BCUT2D eigenvalue weighted by Crippen LogP contribution is 2.29. The highest BCUT2D eigenvalue weighted by Gasteiger charge is 2.21. The third-order valence-corrected chi connectivity index (χ3v) is 4.25. The fourth-order valence-corrected chi connectivity index (χ4v) is 3.13. The Labute approximate surface area is 155 Å². The molecule has 0 radical (unpaired) electrons. The van der Waals surface area contributed by atoms with Crippen molar-refractivity contribution in [2.75, 3.05) is 5.32 Å². The topological polar surface area (TPSA) is 77.6 Å². The van der Waals surface area contributed by atoms with Crippen molar-refractivity contribution in [2.45, 2.75) is 53.6 Å². The lowest BCUT2D eigenvalue weighted by atomic mass is 10.1. The molecule has 0 fully saturated rings. The van der Waals surface area contributed by atoms with Gasteiger partial charge in [-0.3, -0.25) is 9.48 Å². The van der Waals surface area contributed by atoms with Crippen molar-refractivity contribution in [3.8, 4) is 0 Å². The van der Waals surface area contributed by atoms with Crippen molar-refractivity contribution in [1.82, 2.24) is 24.5 Å². The van der Waals surface area contributed by atoms with Crippen molar-refractivity contribution in [3.63, 3.8) is 0 Å². The van der Waals surface area contributed by atoms with Gasteiger partial charge in [-0.05, 0) is 33.3 Å². The van der Waals surface area contributed by atoms with Crippen LogP contribution in [0.15, 0.2) is 12.1 Å². The smallest absolute Gasteiger partial charge is 0.264 e. The number of aromatic nitrogens is 5. The van der Waals surface area contributed by atoms with Crippen molar-refractivity contribution in [1.29, 1.82) is 0 Å². The zero-order valence-electron chi connectivity index (χ0n) is 15.8. The van der Waals surface area contributed by atoms with Crippen LogP contribution in [0.5, 0.6) is 0 Å². The molecule has 9 heteroatoms. The van der Waals surface area contributed by atoms with Gasteiger partial charge < -0.3 is 5.32 Å². The molecule has 27 heavy (non-hydrogen) atoms. The molecule has 3 rings (SSSR count). The van der Waals surface area contributed by atoms with Gasteiger partial charge in [-0.25, -0.2) is 18.4 Å². The number of carbonyl (C=O) groups excluding carboxylic acids is 1. The molecule has 0 spiro atoms. The first kappa shape index (κ1) is 18.9. The van der Waals surface area contributed by atoms with Gasteiger partial charge in [-0.2, -0.15) is 10.2 Å². The Morgan fingerprint density at radius 3 is 2.59 bits per heavy atom. The Kier molecular flexibility index (Phi) is 5.20. The van der Waals surface area contributed by atoms with Gasteiger partial charge in [-0.1, -0.05) is 6.92 Å². The molecule has 0 aliphatic carbocycles. The highest BCUT2D eigenvalue weighted by molar-refractivity contribution is 5.91. The van der Waals surface area contributed by atoms with Crippen molar-refractivity contribution >= 4 is 22.8 Å². The standard InChI is InChI=1S/C18H22F2N6O/c1-5-6-25-11(3)8-14(24-25)22-15(27)9-26-18-16(12(4)23-26)13(17(19)20)7-10(2)21-18/h7-8,17H,5-6,9H2,1-4H3,(H,22,24,27). The molecule has 0 aromatic carbocycles. The van der Waals surface area contributed by atoms with Crippen LogP contribution in [-0.4, -0.2) is 30.5 Å². The van der Waals surface area contributed by atoms with Gasteiger partial charge in [0.15, 0.2) is 11.5 Å². The van der Waals surface area contributed by atoms with E-state index in [-0.39, 0.29) is 23.7 Å². The number of pyridine rings is 1. The average Bonchev–Trinajstić information content (AvgIpc) is 3.07. The van der Waals surface area contributed by atoms with Crippen molar-refractivity contribution in [2.24, 2.45) is 0 Å². The number of fused-ring (bicyclic) bond motifs is 1. The monoisotopic (exact) mass is 376 g/mol. The van der Waals surface area contributed by atoms with Crippen LogP contribution < -0.4 is 5.32 Å². The second-order valence-corrected chi connectivity index (χ2v) is 6.54. The van der Waals surface area contributed by atoms with Crippen molar-refractivity contribution in [3.05, 3.63) is 34.8 Å². The summed E-state index contributed by atoms with van der Waals surface area (Å²) < 4.78 is 29.9. The molecule has 1 N–H and O–H groups in total. The number of rotatable bonds is 6. The van der Waals surface area contributed by atoms with E-state index in [0.717, 1.165) is 18.7 Å². The number of alkyl halides is 2. The lowest BCUT2D eigenvalue weighted by Gasteiger charge is -2.06. The predicted molar refractivity (Wildman–Crippen MR) is 97.8 cm³/mol. The molecule has 1 amide bonds. The summed E-state index contributed by atoms with van der Waals surface area (Å²) in [7, 11) is 0. The number of hydrogen-bond acceptors (Lipinski definition) is 4. The van der Waals surface area contributed by atoms with Crippen LogP contribution in [0.25, 0.3) is 11.0 Å². The number of aryl methyl sites for hydroxylation is 4. The van der Waals surface area contributed by atoms with E-state index in [4.69, 9.17) is 0 Å². The molecular weight excluding hydrogens is 354 g/mol. The SMILES string of the molecule is CCCn1nc(NC(=O)Cn2nc(C)c3c(C(F)F)cc(C)nc32)cc1C. The number of amides is 1. The number of carbonyl (C=O) groups is 1. The molecule has 0 bridgehead atoms. The molecular formula is C18H22F2N6O. The van der Waals surface area contributed by atoms with E-state index >= 15 is 0 Å².